The average molecular weight is 382 g/mol. The van der Waals surface area contributed by atoms with Crippen molar-refractivity contribution in [3.8, 4) is 0 Å². The highest BCUT2D eigenvalue weighted by Gasteiger charge is 2.26. The number of aromatic amines is 1. The molecule has 1 atom stereocenters. The van der Waals surface area contributed by atoms with E-state index in [2.05, 4.69) is 25.8 Å². The van der Waals surface area contributed by atoms with Crippen LogP contribution >= 0.6 is 0 Å². The van der Waals surface area contributed by atoms with Crippen molar-refractivity contribution in [1.29, 1.82) is 0 Å². The summed E-state index contributed by atoms with van der Waals surface area (Å²) in [5.74, 6) is 1.25. The van der Waals surface area contributed by atoms with Crippen molar-refractivity contribution in [1.82, 2.24) is 15.2 Å². The van der Waals surface area contributed by atoms with Gasteiger partial charge in [0.05, 0.1) is 4.92 Å². The third-order valence-corrected chi connectivity index (χ3v) is 4.67. The Kier molecular flexibility index (Phi) is 4.64. The highest BCUT2D eigenvalue weighted by atomic mass is 19.1. The quantitative estimate of drug-likeness (QED) is 0.405. The van der Waals surface area contributed by atoms with Gasteiger partial charge in [0.1, 0.15) is 11.6 Å². The summed E-state index contributed by atoms with van der Waals surface area (Å²) in [5.41, 5.74) is 1.75. The monoisotopic (exact) mass is 382 g/mol. The third-order valence-electron chi connectivity index (χ3n) is 4.67. The summed E-state index contributed by atoms with van der Waals surface area (Å²) in [7, 11) is 0. The van der Waals surface area contributed by atoms with Crippen LogP contribution in [0.15, 0.2) is 42.5 Å². The predicted octanol–water partition coefficient (Wildman–Crippen LogP) is 4.65. The number of pyridine rings is 1. The molecular formula is C19H19FN6O2. The van der Waals surface area contributed by atoms with Gasteiger partial charge in [0.2, 0.25) is 5.82 Å². The molecule has 1 saturated carbocycles. The van der Waals surface area contributed by atoms with Crippen LogP contribution in [-0.4, -0.2) is 20.1 Å². The van der Waals surface area contributed by atoms with Crippen molar-refractivity contribution in [3.63, 3.8) is 0 Å². The lowest BCUT2D eigenvalue weighted by molar-refractivity contribution is -0.384. The largest absolute Gasteiger partial charge is 0.363 e. The van der Waals surface area contributed by atoms with Crippen LogP contribution in [0.4, 0.5) is 27.5 Å². The zero-order valence-electron chi connectivity index (χ0n) is 15.1. The molecule has 0 saturated heterocycles. The molecular weight excluding hydrogens is 363 g/mol. The van der Waals surface area contributed by atoms with E-state index in [9.17, 15) is 14.5 Å². The minimum atomic E-state index is -0.489. The summed E-state index contributed by atoms with van der Waals surface area (Å²) in [6.45, 7) is 1.90. The standard InChI is InChI=1S/C19H19FN6O2/c1-11(12-4-6-14(20)7-5-12)21-17-9-8-16(26(27)28)19(22-17)23-18-10-15(24-25-18)13-2-3-13/h4-11,13H,2-3H2,1H3,(H3,21,22,23,24,25). The summed E-state index contributed by atoms with van der Waals surface area (Å²) in [4.78, 5) is 15.2. The number of nitrogens with zero attached hydrogens (tertiary/aromatic N) is 3. The maximum absolute atomic E-state index is 13.1. The molecule has 3 N–H and O–H groups in total. The fraction of sp³-hybridized carbons (Fsp3) is 0.263. The normalized spacial score (nSPS) is 14.5. The van der Waals surface area contributed by atoms with Crippen LogP contribution in [0.5, 0.6) is 0 Å². The topological polar surface area (TPSA) is 109 Å². The highest BCUT2D eigenvalue weighted by Crippen LogP contribution is 2.40. The van der Waals surface area contributed by atoms with Crippen molar-refractivity contribution in [2.75, 3.05) is 10.6 Å². The van der Waals surface area contributed by atoms with Crippen LogP contribution < -0.4 is 10.6 Å². The van der Waals surface area contributed by atoms with Gasteiger partial charge in [-0.1, -0.05) is 12.1 Å². The Labute approximate surface area is 160 Å². The van der Waals surface area contributed by atoms with E-state index in [0.29, 0.717) is 17.6 Å². The minimum Gasteiger partial charge on any atom is -0.363 e. The van der Waals surface area contributed by atoms with E-state index in [-0.39, 0.29) is 23.4 Å². The van der Waals surface area contributed by atoms with Gasteiger partial charge in [0.15, 0.2) is 5.82 Å². The second kappa shape index (κ2) is 7.26. The molecule has 1 aliphatic rings. The second-order valence-corrected chi connectivity index (χ2v) is 6.85. The van der Waals surface area contributed by atoms with Crippen LogP contribution in [0.2, 0.25) is 0 Å². The first-order valence-electron chi connectivity index (χ1n) is 8.99. The Balaban J connectivity index is 1.55. The Morgan fingerprint density at radius 3 is 2.64 bits per heavy atom. The maximum Gasteiger partial charge on any atom is 0.311 e. The van der Waals surface area contributed by atoms with E-state index in [1.54, 1.807) is 18.2 Å². The zero-order valence-corrected chi connectivity index (χ0v) is 15.1. The second-order valence-electron chi connectivity index (χ2n) is 6.85. The molecule has 28 heavy (non-hydrogen) atoms. The lowest BCUT2D eigenvalue weighted by Gasteiger charge is -2.15. The van der Waals surface area contributed by atoms with Crippen molar-refractivity contribution >= 4 is 23.1 Å². The zero-order chi connectivity index (χ0) is 19.7. The van der Waals surface area contributed by atoms with Gasteiger partial charge in [-0.3, -0.25) is 15.2 Å². The Morgan fingerprint density at radius 2 is 1.96 bits per heavy atom. The number of aromatic nitrogens is 3. The van der Waals surface area contributed by atoms with Crippen molar-refractivity contribution in [3.05, 3.63) is 69.7 Å². The number of nitrogens with one attached hydrogen (secondary N) is 3. The van der Waals surface area contributed by atoms with Gasteiger partial charge >= 0.3 is 5.69 Å². The number of nitro groups is 1. The summed E-state index contributed by atoms with van der Waals surface area (Å²) >= 11 is 0. The molecule has 0 aliphatic heterocycles. The van der Waals surface area contributed by atoms with Crippen molar-refractivity contribution < 1.29 is 9.31 Å². The Hall–Kier alpha value is -3.49. The van der Waals surface area contributed by atoms with Gasteiger partial charge in [-0.15, -0.1) is 0 Å². The summed E-state index contributed by atoms with van der Waals surface area (Å²) in [6, 6.07) is 10.8. The molecule has 8 nitrogen and oxygen atoms in total. The fourth-order valence-electron chi connectivity index (χ4n) is 2.95. The highest BCUT2D eigenvalue weighted by molar-refractivity contribution is 5.66. The van der Waals surface area contributed by atoms with E-state index >= 15 is 0 Å². The van der Waals surface area contributed by atoms with Crippen LogP contribution in [0, 0.1) is 15.9 Å². The molecule has 0 spiro atoms. The van der Waals surface area contributed by atoms with E-state index in [1.165, 1.54) is 18.2 Å². The molecule has 1 fully saturated rings. The first-order chi connectivity index (χ1) is 13.5. The van der Waals surface area contributed by atoms with Crippen molar-refractivity contribution in [2.45, 2.75) is 31.7 Å². The van der Waals surface area contributed by atoms with Gasteiger partial charge in [-0.05, 0) is 43.5 Å². The molecule has 0 radical (unpaired) electrons. The van der Waals surface area contributed by atoms with E-state index < -0.39 is 4.92 Å². The maximum atomic E-state index is 13.1. The molecule has 9 heteroatoms. The van der Waals surface area contributed by atoms with Crippen LogP contribution in [0.25, 0.3) is 0 Å². The predicted molar refractivity (Wildman–Crippen MR) is 103 cm³/mol. The van der Waals surface area contributed by atoms with Crippen LogP contribution in [0.3, 0.4) is 0 Å². The summed E-state index contributed by atoms with van der Waals surface area (Å²) in [5, 5.41) is 24.6. The first kappa shape index (κ1) is 17.9. The number of hydrogen-bond donors (Lipinski definition) is 3. The minimum absolute atomic E-state index is 0.107. The number of halogens is 1. The molecule has 2 heterocycles. The third kappa shape index (κ3) is 3.93. The molecule has 4 rings (SSSR count). The molecule has 1 aliphatic carbocycles. The Bertz CT molecular complexity index is 1000. The Morgan fingerprint density at radius 1 is 1.21 bits per heavy atom. The van der Waals surface area contributed by atoms with Gasteiger partial charge in [-0.2, -0.15) is 5.10 Å². The van der Waals surface area contributed by atoms with Crippen LogP contribution in [-0.2, 0) is 0 Å². The fourth-order valence-corrected chi connectivity index (χ4v) is 2.95. The van der Waals surface area contributed by atoms with Gasteiger partial charge < -0.3 is 10.6 Å². The lowest BCUT2D eigenvalue weighted by Crippen LogP contribution is -2.09. The van der Waals surface area contributed by atoms with E-state index in [0.717, 1.165) is 24.1 Å². The van der Waals surface area contributed by atoms with E-state index in [1.807, 2.05) is 13.0 Å². The van der Waals surface area contributed by atoms with Gasteiger partial charge in [-0.25, -0.2) is 9.37 Å². The molecule has 1 unspecified atom stereocenters. The van der Waals surface area contributed by atoms with Crippen LogP contribution in [0.1, 0.15) is 43.0 Å². The molecule has 144 valence electrons. The van der Waals surface area contributed by atoms with E-state index in [4.69, 9.17) is 0 Å². The SMILES string of the molecule is CC(Nc1ccc([N+](=O)[O-])c(Nc2cc(C3CC3)[nH]n2)n1)c1ccc(F)cc1. The number of benzene rings is 1. The summed E-state index contributed by atoms with van der Waals surface area (Å²) < 4.78 is 13.1. The number of anilines is 3. The van der Waals surface area contributed by atoms with Gasteiger partial charge in [0.25, 0.3) is 0 Å². The number of rotatable bonds is 7. The first-order valence-corrected chi connectivity index (χ1v) is 8.99. The smallest absolute Gasteiger partial charge is 0.311 e. The van der Waals surface area contributed by atoms with Crippen molar-refractivity contribution in [2.24, 2.45) is 0 Å². The summed E-state index contributed by atoms with van der Waals surface area (Å²) in [6.07, 6.45) is 2.25. The lowest BCUT2D eigenvalue weighted by atomic mass is 10.1. The molecule has 0 amide bonds. The average Bonchev–Trinajstić information content (AvgIpc) is 3.42. The number of hydrogen-bond acceptors (Lipinski definition) is 6. The molecule has 1 aromatic carbocycles. The molecule has 3 aromatic rings. The number of H-pyrrole nitrogens is 1. The molecule has 2 aromatic heterocycles. The molecule has 0 bridgehead atoms. The van der Waals surface area contributed by atoms with Gasteiger partial charge in [0, 0.05) is 29.8 Å².